The standard InChI is InChI=1S/C7H8N4OS/c8-6-10-7(13-11-6)9-4-5-2-1-3-12-5/h1-3H,4H2,(H3,8,9,10,11). The van der Waals surface area contributed by atoms with E-state index >= 15 is 0 Å². The molecule has 0 aromatic carbocycles. The van der Waals surface area contributed by atoms with E-state index in [1.54, 1.807) is 6.26 Å². The summed E-state index contributed by atoms with van der Waals surface area (Å²) in [4.78, 5) is 3.94. The summed E-state index contributed by atoms with van der Waals surface area (Å²) in [6.45, 7) is 0.599. The van der Waals surface area contributed by atoms with Gasteiger partial charge in [-0.05, 0) is 12.1 Å². The molecule has 3 N–H and O–H groups in total. The predicted octanol–water partition coefficient (Wildman–Crippen LogP) is 1.33. The Morgan fingerprint density at radius 2 is 2.54 bits per heavy atom. The summed E-state index contributed by atoms with van der Waals surface area (Å²) in [6.07, 6.45) is 1.63. The fourth-order valence-corrected chi connectivity index (χ4v) is 1.37. The Hall–Kier alpha value is -1.56. The molecule has 0 aliphatic rings. The van der Waals surface area contributed by atoms with E-state index in [4.69, 9.17) is 10.2 Å². The van der Waals surface area contributed by atoms with Gasteiger partial charge in [-0.15, -0.1) is 0 Å². The van der Waals surface area contributed by atoms with Crippen molar-refractivity contribution in [2.45, 2.75) is 6.54 Å². The fourth-order valence-electron chi connectivity index (χ4n) is 0.883. The zero-order valence-electron chi connectivity index (χ0n) is 6.73. The van der Waals surface area contributed by atoms with E-state index in [1.165, 1.54) is 11.5 Å². The molecule has 2 aromatic rings. The maximum Gasteiger partial charge on any atom is 0.233 e. The van der Waals surface area contributed by atoms with Crippen molar-refractivity contribution < 1.29 is 4.42 Å². The Kier molecular flexibility index (Phi) is 2.13. The maximum absolute atomic E-state index is 5.35. The first-order chi connectivity index (χ1) is 6.34. The van der Waals surface area contributed by atoms with Crippen LogP contribution in [-0.2, 0) is 6.54 Å². The number of aromatic nitrogens is 2. The van der Waals surface area contributed by atoms with Crippen molar-refractivity contribution in [2.75, 3.05) is 11.1 Å². The lowest BCUT2D eigenvalue weighted by molar-refractivity contribution is 0.518. The predicted molar refractivity (Wildman–Crippen MR) is 50.4 cm³/mol. The molecule has 6 heteroatoms. The number of rotatable bonds is 3. The second-order valence-electron chi connectivity index (χ2n) is 2.39. The lowest BCUT2D eigenvalue weighted by atomic mass is 10.4. The Balaban J connectivity index is 1.93. The topological polar surface area (TPSA) is 77.0 Å². The average molecular weight is 196 g/mol. The first-order valence-electron chi connectivity index (χ1n) is 3.70. The van der Waals surface area contributed by atoms with Gasteiger partial charge in [0.05, 0.1) is 12.8 Å². The largest absolute Gasteiger partial charge is 0.467 e. The Bertz CT molecular complexity index is 370. The quantitative estimate of drug-likeness (QED) is 0.774. The van der Waals surface area contributed by atoms with Crippen LogP contribution in [0.3, 0.4) is 0 Å². The molecular weight excluding hydrogens is 188 g/mol. The summed E-state index contributed by atoms with van der Waals surface area (Å²) in [5.41, 5.74) is 5.35. The van der Waals surface area contributed by atoms with Crippen LogP contribution in [0.4, 0.5) is 11.1 Å². The van der Waals surface area contributed by atoms with Crippen LogP contribution < -0.4 is 11.1 Å². The van der Waals surface area contributed by atoms with Crippen molar-refractivity contribution in [3.63, 3.8) is 0 Å². The number of anilines is 2. The Morgan fingerprint density at radius 3 is 3.15 bits per heavy atom. The molecule has 2 aromatic heterocycles. The first-order valence-corrected chi connectivity index (χ1v) is 4.47. The number of hydrogen-bond donors (Lipinski definition) is 2. The minimum absolute atomic E-state index is 0.298. The highest BCUT2D eigenvalue weighted by Crippen LogP contribution is 2.13. The van der Waals surface area contributed by atoms with E-state index in [0.29, 0.717) is 17.6 Å². The van der Waals surface area contributed by atoms with Crippen LogP contribution in [0.15, 0.2) is 22.8 Å². The average Bonchev–Trinajstić information content (AvgIpc) is 2.71. The molecule has 0 saturated carbocycles. The summed E-state index contributed by atoms with van der Waals surface area (Å²) in [5.74, 6) is 1.15. The van der Waals surface area contributed by atoms with Crippen molar-refractivity contribution in [1.82, 2.24) is 9.36 Å². The summed E-state index contributed by atoms with van der Waals surface area (Å²) in [5, 5.41) is 3.74. The van der Waals surface area contributed by atoms with Crippen LogP contribution >= 0.6 is 11.5 Å². The molecule has 2 rings (SSSR count). The van der Waals surface area contributed by atoms with Gasteiger partial charge in [0.1, 0.15) is 5.76 Å². The summed E-state index contributed by atoms with van der Waals surface area (Å²) in [6, 6.07) is 3.73. The van der Waals surface area contributed by atoms with E-state index in [1.807, 2.05) is 12.1 Å². The van der Waals surface area contributed by atoms with Crippen molar-refractivity contribution in [2.24, 2.45) is 0 Å². The number of hydrogen-bond acceptors (Lipinski definition) is 6. The smallest absolute Gasteiger partial charge is 0.233 e. The third-order valence-electron chi connectivity index (χ3n) is 1.44. The van der Waals surface area contributed by atoms with Crippen molar-refractivity contribution in [1.29, 1.82) is 0 Å². The number of nitrogens with one attached hydrogen (secondary N) is 1. The van der Waals surface area contributed by atoms with Gasteiger partial charge in [0, 0.05) is 11.5 Å². The van der Waals surface area contributed by atoms with Gasteiger partial charge in [-0.1, -0.05) is 0 Å². The zero-order valence-corrected chi connectivity index (χ0v) is 7.54. The van der Waals surface area contributed by atoms with Crippen molar-refractivity contribution in [3.8, 4) is 0 Å². The molecule has 0 saturated heterocycles. The van der Waals surface area contributed by atoms with Crippen LogP contribution in [0.5, 0.6) is 0 Å². The van der Waals surface area contributed by atoms with E-state index in [0.717, 1.165) is 5.76 Å². The Labute approximate surface area is 78.8 Å². The molecule has 13 heavy (non-hydrogen) atoms. The van der Waals surface area contributed by atoms with Crippen molar-refractivity contribution >= 4 is 22.6 Å². The van der Waals surface area contributed by atoms with Gasteiger partial charge < -0.3 is 15.5 Å². The number of nitrogens with two attached hydrogens (primary N) is 1. The monoisotopic (exact) mass is 196 g/mol. The van der Waals surface area contributed by atoms with Crippen LogP contribution in [0.1, 0.15) is 5.76 Å². The van der Waals surface area contributed by atoms with E-state index < -0.39 is 0 Å². The number of nitrogen functional groups attached to an aromatic ring is 1. The molecular formula is C7H8N4OS. The molecule has 0 unspecified atom stereocenters. The minimum atomic E-state index is 0.298. The van der Waals surface area contributed by atoms with Crippen LogP contribution in [0.2, 0.25) is 0 Å². The van der Waals surface area contributed by atoms with Crippen LogP contribution in [0.25, 0.3) is 0 Å². The van der Waals surface area contributed by atoms with Gasteiger partial charge in [-0.2, -0.15) is 9.36 Å². The molecule has 68 valence electrons. The fraction of sp³-hybridized carbons (Fsp3) is 0.143. The van der Waals surface area contributed by atoms with Gasteiger partial charge in [0.2, 0.25) is 11.1 Å². The third kappa shape index (κ3) is 1.97. The summed E-state index contributed by atoms with van der Waals surface area (Å²) in [7, 11) is 0. The third-order valence-corrected chi connectivity index (χ3v) is 2.12. The van der Waals surface area contributed by atoms with E-state index in [2.05, 4.69) is 14.7 Å². The molecule has 0 aliphatic heterocycles. The van der Waals surface area contributed by atoms with Gasteiger partial charge >= 0.3 is 0 Å². The normalized spacial score (nSPS) is 10.2. The highest BCUT2D eigenvalue weighted by Gasteiger charge is 2.00. The summed E-state index contributed by atoms with van der Waals surface area (Å²) < 4.78 is 8.96. The molecule has 0 bridgehead atoms. The second kappa shape index (κ2) is 3.44. The first kappa shape index (κ1) is 8.06. The molecule has 5 nitrogen and oxygen atoms in total. The van der Waals surface area contributed by atoms with Crippen LogP contribution in [0, 0.1) is 0 Å². The van der Waals surface area contributed by atoms with Gasteiger partial charge in [0.25, 0.3) is 0 Å². The lowest BCUT2D eigenvalue weighted by Gasteiger charge is -1.96. The SMILES string of the molecule is Nc1nsc(NCc2ccco2)n1. The van der Waals surface area contributed by atoms with Gasteiger partial charge in [-0.3, -0.25) is 0 Å². The van der Waals surface area contributed by atoms with Crippen LogP contribution in [-0.4, -0.2) is 9.36 Å². The highest BCUT2D eigenvalue weighted by atomic mass is 32.1. The lowest BCUT2D eigenvalue weighted by Crippen LogP contribution is -1.97. The van der Waals surface area contributed by atoms with Gasteiger partial charge in [-0.25, -0.2) is 0 Å². The minimum Gasteiger partial charge on any atom is -0.467 e. The molecule has 0 atom stereocenters. The highest BCUT2D eigenvalue weighted by molar-refractivity contribution is 7.09. The summed E-state index contributed by atoms with van der Waals surface area (Å²) >= 11 is 1.23. The molecule has 0 radical (unpaired) electrons. The number of nitrogens with zero attached hydrogens (tertiary/aromatic N) is 2. The Morgan fingerprint density at radius 1 is 1.62 bits per heavy atom. The number of furan rings is 1. The second-order valence-corrected chi connectivity index (χ2v) is 3.14. The van der Waals surface area contributed by atoms with E-state index in [9.17, 15) is 0 Å². The molecule has 0 fully saturated rings. The molecule has 0 aliphatic carbocycles. The molecule has 0 amide bonds. The zero-order chi connectivity index (χ0) is 9.10. The van der Waals surface area contributed by atoms with Gasteiger partial charge in [0.15, 0.2) is 0 Å². The maximum atomic E-state index is 5.35. The van der Waals surface area contributed by atoms with E-state index in [-0.39, 0.29) is 0 Å². The van der Waals surface area contributed by atoms with Crippen molar-refractivity contribution in [3.05, 3.63) is 24.2 Å². The molecule has 0 spiro atoms. The molecule has 2 heterocycles.